The smallest absolute Gasteiger partial charge is 0.325 e. The highest BCUT2D eigenvalue weighted by Crippen LogP contribution is 2.33. The Morgan fingerprint density at radius 2 is 2.26 bits per heavy atom. The Kier molecular flexibility index (Phi) is 4.06. The van der Waals surface area contributed by atoms with Crippen molar-refractivity contribution in [3.8, 4) is 6.07 Å². The van der Waals surface area contributed by atoms with E-state index in [1.54, 1.807) is 6.92 Å². The Morgan fingerprint density at radius 1 is 1.53 bits per heavy atom. The number of esters is 1. The van der Waals surface area contributed by atoms with Gasteiger partial charge in [0.05, 0.1) is 17.9 Å². The fourth-order valence-electron chi connectivity index (χ4n) is 2.12. The van der Waals surface area contributed by atoms with Crippen LogP contribution in [0.15, 0.2) is 18.2 Å². The van der Waals surface area contributed by atoms with Crippen LogP contribution in [-0.2, 0) is 9.53 Å². The molecule has 1 aromatic carbocycles. The Morgan fingerprint density at radius 3 is 2.84 bits per heavy atom. The maximum Gasteiger partial charge on any atom is 0.325 e. The second-order valence-electron chi connectivity index (χ2n) is 4.80. The zero-order chi connectivity index (χ0) is 13.8. The van der Waals surface area contributed by atoms with E-state index in [4.69, 9.17) is 4.74 Å². The van der Waals surface area contributed by atoms with Crippen LogP contribution in [0.4, 0.5) is 5.69 Å². The minimum atomic E-state index is -0.236. The molecule has 100 valence electrons. The van der Waals surface area contributed by atoms with E-state index >= 15 is 0 Å². The molecule has 1 fully saturated rings. The van der Waals surface area contributed by atoms with Gasteiger partial charge in [0.1, 0.15) is 12.6 Å². The Balaban J connectivity index is 2.26. The van der Waals surface area contributed by atoms with Crippen molar-refractivity contribution < 1.29 is 9.53 Å². The van der Waals surface area contributed by atoms with Crippen LogP contribution in [0.25, 0.3) is 0 Å². The molecular weight excluding hydrogens is 240 g/mol. The van der Waals surface area contributed by atoms with Crippen LogP contribution in [0.3, 0.4) is 0 Å². The van der Waals surface area contributed by atoms with Gasteiger partial charge in [-0.15, -0.1) is 0 Å². The third kappa shape index (κ3) is 3.25. The fourth-order valence-corrected chi connectivity index (χ4v) is 2.12. The van der Waals surface area contributed by atoms with E-state index in [1.165, 1.54) is 0 Å². The topological polar surface area (TPSA) is 53.3 Å². The molecule has 0 unspecified atom stereocenters. The number of aryl methyl sites for hydroxylation is 1. The van der Waals surface area contributed by atoms with Crippen LogP contribution < -0.4 is 4.90 Å². The molecule has 2 rings (SSSR count). The summed E-state index contributed by atoms with van der Waals surface area (Å²) in [5.74, 6) is -0.236. The number of ether oxygens (including phenoxy) is 1. The van der Waals surface area contributed by atoms with Gasteiger partial charge in [-0.05, 0) is 44.4 Å². The average molecular weight is 258 g/mol. The largest absolute Gasteiger partial charge is 0.465 e. The first kappa shape index (κ1) is 13.4. The summed E-state index contributed by atoms with van der Waals surface area (Å²) >= 11 is 0. The minimum Gasteiger partial charge on any atom is -0.465 e. The summed E-state index contributed by atoms with van der Waals surface area (Å²) in [4.78, 5) is 13.7. The zero-order valence-corrected chi connectivity index (χ0v) is 11.3. The van der Waals surface area contributed by atoms with Crippen molar-refractivity contribution in [1.82, 2.24) is 0 Å². The lowest BCUT2D eigenvalue weighted by atomic mass is 10.1. The minimum absolute atomic E-state index is 0.219. The number of nitrogens with zero attached hydrogens (tertiary/aromatic N) is 2. The summed E-state index contributed by atoms with van der Waals surface area (Å²) in [5.41, 5.74) is 2.54. The summed E-state index contributed by atoms with van der Waals surface area (Å²) in [7, 11) is 0. The van der Waals surface area contributed by atoms with Crippen molar-refractivity contribution in [2.75, 3.05) is 18.1 Å². The Hall–Kier alpha value is -2.02. The van der Waals surface area contributed by atoms with Crippen molar-refractivity contribution in [1.29, 1.82) is 5.26 Å². The highest BCUT2D eigenvalue weighted by atomic mass is 16.5. The first-order valence-electron chi connectivity index (χ1n) is 6.58. The lowest BCUT2D eigenvalue weighted by molar-refractivity contribution is -0.141. The van der Waals surface area contributed by atoms with E-state index in [2.05, 4.69) is 6.07 Å². The molecule has 19 heavy (non-hydrogen) atoms. The lowest BCUT2D eigenvalue weighted by Gasteiger charge is -2.24. The predicted molar refractivity (Wildman–Crippen MR) is 72.9 cm³/mol. The van der Waals surface area contributed by atoms with Crippen LogP contribution in [0.1, 0.15) is 30.9 Å². The summed E-state index contributed by atoms with van der Waals surface area (Å²) in [6.07, 6.45) is 2.14. The van der Waals surface area contributed by atoms with Gasteiger partial charge in [0.25, 0.3) is 0 Å². The van der Waals surface area contributed by atoms with Gasteiger partial charge in [-0.3, -0.25) is 4.79 Å². The molecule has 0 spiro atoms. The molecule has 1 aliphatic carbocycles. The number of hydrogen-bond acceptors (Lipinski definition) is 4. The number of nitriles is 1. The van der Waals surface area contributed by atoms with Gasteiger partial charge < -0.3 is 9.64 Å². The van der Waals surface area contributed by atoms with Crippen LogP contribution in [0.2, 0.25) is 0 Å². The van der Waals surface area contributed by atoms with Gasteiger partial charge in [0.15, 0.2) is 0 Å². The van der Waals surface area contributed by atoms with E-state index < -0.39 is 0 Å². The van der Waals surface area contributed by atoms with Gasteiger partial charge in [0, 0.05) is 6.04 Å². The predicted octanol–water partition coefficient (Wildman–Crippen LogP) is 2.40. The van der Waals surface area contributed by atoms with Crippen molar-refractivity contribution in [3.63, 3.8) is 0 Å². The number of anilines is 1. The third-order valence-corrected chi connectivity index (χ3v) is 3.18. The molecule has 1 saturated carbocycles. The number of hydrogen-bond donors (Lipinski definition) is 0. The summed E-state index contributed by atoms with van der Waals surface area (Å²) in [6.45, 7) is 4.39. The van der Waals surface area contributed by atoms with E-state index in [0.717, 1.165) is 24.1 Å². The van der Waals surface area contributed by atoms with Crippen molar-refractivity contribution in [2.24, 2.45) is 0 Å². The summed E-state index contributed by atoms with van der Waals surface area (Å²) in [5, 5.41) is 9.21. The van der Waals surface area contributed by atoms with Gasteiger partial charge in [-0.2, -0.15) is 5.26 Å². The molecule has 0 radical (unpaired) electrons. The lowest BCUT2D eigenvalue weighted by Crippen LogP contribution is -2.33. The number of carbonyl (C=O) groups excluding carboxylic acids is 1. The molecule has 0 heterocycles. The van der Waals surface area contributed by atoms with Crippen molar-refractivity contribution >= 4 is 11.7 Å². The Labute approximate surface area is 113 Å². The van der Waals surface area contributed by atoms with E-state index in [9.17, 15) is 10.1 Å². The molecule has 0 N–H and O–H groups in total. The molecule has 1 aromatic rings. The molecular formula is C15H18N2O2. The van der Waals surface area contributed by atoms with Crippen molar-refractivity contribution in [2.45, 2.75) is 32.7 Å². The molecule has 1 aliphatic rings. The molecule has 0 amide bonds. The quantitative estimate of drug-likeness (QED) is 0.761. The monoisotopic (exact) mass is 258 g/mol. The van der Waals surface area contributed by atoms with Crippen LogP contribution in [-0.4, -0.2) is 25.2 Å². The number of benzene rings is 1. The molecule has 0 aromatic heterocycles. The molecule has 0 bridgehead atoms. The van der Waals surface area contributed by atoms with Crippen LogP contribution >= 0.6 is 0 Å². The van der Waals surface area contributed by atoms with Gasteiger partial charge in [-0.25, -0.2) is 0 Å². The first-order valence-corrected chi connectivity index (χ1v) is 6.58. The van der Waals surface area contributed by atoms with Crippen LogP contribution in [0, 0.1) is 18.3 Å². The highest BCUT2D eigenvalue weighted by Gasteiger charge is 2.32. The molecule has 0 saturated heterocycles. The maximum absolute atomic E-state index is 11.7. The second-order valence-corrected chi connectivity index (χ2v) is 4.80. The van der Waals surface area contributed by atoms with Crippen LogP contribution in [0.5, 0.6) is 0 Å². The van der Waals surface area contributed by atoms with Gasteiger partial charge in [-0.1, -0.05) is 6.07 Å². The van der Waals surface area contributed by atoms with E-state index in [-0.39, 0.29) is 12.5 Å². The normalized spacial score (nSPS) is 13.7. The average Bonchev–Trinajstić information content (AvgIpc) is 3.20. The first-order chi connectivity index (χ1) is 9.15. The molecule has 4 heteroatoms. The third-order valence-electron chi connectivity index (χ3n) is 3.18. The maximum atomic E-state index is 11.7. The van der Waals surface area contributed by atoms with Gasteiger partial charge >= 0.3 is 5.97 Å². The van der Waals surface area contributed by atoms with E-state index in [1.807, 2.05) is 30.0 Å². The fraction of sp³-hybridized carbons (Fsp3) is 0.467. The standard InChI is InChI=1S/C15H18N2O2/c1-3-19-15(18)10-17(13-6-7-13)14-8-11(2)4-5-12(14)9-16/h4-5,8,13H,3,6-7,10H2,1-2H3. The highest BCUT2D eigenvalue weighted by molar-refractivity contribution is 5.77. The zero-order valence-electron chi connectivity index (χ0n) is 11.3. The van der Waals surface area contributed by atoms with Gasteiger partial charge in [0.2, 0.25) is 0 Å². The molecule has 4 nitrogen and oxygen atoms in total. The van der Waals surface area contributed by atoms with Crippen molar-refractivity contribution in [3.05, 3.63) is 29.3 Å². The van der Waals surface area contributed by atoms with E-state index in [0.29, 0.717) is 18.2 Å². The summed E-state index contributed by atoms with van der Waals surface area (Å²) in [6, 6.07) is 8.25. The number of rotatable bonds is 5. The molecule has 0 atom stereocenters. The SMILES string of the molecule is CCOC(=O)CN(c1cc(C)ccc1C#N)C1CC1. The Bertz CT molecular complexity index is 515. The number of carbonyl (C=O) groups is 1. The summed E-state index contributed by atoms with van der Waals surface area (Å²) < 4.78 is 5.01. The molecule has 0 aliphatic heterocycles. The second kappa shape index (κ2) is 5.75.